The minimum atomic E-state index is 0.0838. The summed E-state index contributed by atoms with van der Waals surface area (Å²) in [6, 6.07) is 3.70. The summed E-state index contributed by atoms with van der Waals surface area (Å²) in [7, 11) is 0. The number of furan rings is 1. The molecule has 1 fully saturated rings. The topological polar surface area (TPSA) is 45.5 Å². The molecule has 18 heavy (non-hydrogen) atoms. The molecule has 1 heterocycles. The predicted octanol–water partition coefficient (Wildman–Crippen LogP) is 2.02. The quantitative estimate of drug-likeness (QED) is 0.767. The molecule has 4 nitrogen and oxygen atoms in total. The first-order chi connectivity index (χ1) is 8.78. The summed E-state index contributed by atoms with van der Waals surface area (Å²) in [6.07, 6.45) is 5.37. The van der Waals surface area contributed by atoms with Crippen LogP contribution in [0.3, 0.4) is 0 Å². The fourth-order valence-electron chi connectivity index (χ4n) is 2.07. The third-order valence-electron chi connectivity index (χ3n) is 3.16. The van der Waals surface area contributed by atoms with Gasteiger partial charge in [0, 0.05) is 6.54 Å². The van der Waals surface area contributed by atoms with E-state index in [1.165, 1.54) is 12.8 Å². The predicted molar refractivity (Wildman–Crippen MR) is 70.0 cm³/mol. The molecule has 2 rings (SSSR count). The van der Waals surface area contributed by atoms with Gasteiger partial charge in [-0.2, -0.15) is 0 Å². The molecule has 1 aromatic heterocycles. The monoisotopic (exact) mass is 250 g/mol. The Labute approximate surface area is 108 Å². The van der Waals surface area contributed by atoms with E-state index in [0.29, 0.717) is 13.1 Å². The number of amides is 1. The van der Waals surface area contributed by atoms with Crippen molar-refractivity contribution in [1.29, 1.82) is 0 Å². The minimum Gasteiger partial charge on any atom is -0.467 e. The number of carbonyl (C=O) groups is 1. The van der Waals surface area contributed by atoms with Gasteiger partial charge in [0.2, 0.25) is 5.91 Å². The van der Waals surface area contributed by atoms with Crippen LogP contribution in [0.4, 0.5) is 0 Å². The summed E-state index contributed by atoms with van der Waals surface area (Å²) in [6.45, 7) is 5.22. The van der Waals surface area contributed by atoms with Crippen molar-refractivity contribution in [2.45, 2.75) is 32.7 Å². The summed E-state index contributed by atoms with van der Waals surface area (Å²) in [5, 5.41) is 2.89. The van der Waals surface area contributed by atoms with Crippen molar-refractivity contribution in [3.05, 3.63) is 24.2 Å². The van der Waals surface area contributed by atoms with Gasteiger partial charge in [0.1, 0.15) is 5.76 Å². The molecule has 1 N–H and O–H groups in total. The van der Waals surface area contributed by atoms with Crippen LogP contribution >= 0.6 is 0 Å². The van der Waals surface area contributed by atoms with Crippen LogP contribution in [0.25, 0.3) is 0 Å². The lowest BCUT2D eigenvalue weighted by atomic mass is 10.3. The minimum absolute atomic E-state index is 0.0838. The number of nitrogens with one attached hydrogen (secondary N) is 1. The van der Waals surface area contributed by atoms with Gasteiger partial charge in [-0.3, -0.25) is 9.69 Å². The van der Waals surface area contributed by atoms with Crippen LogP contribution in [-0.2, 0) is 11.3 Å². The zero-order valence-corrected chi connectivity index (χ0v) is 11.0. The highest BCUT2D eigenvalue weighted by molar-refractivity contribution is 5.77. The molecule has 1 aromatic rings. The highest BCUT2D eigenvalue weighted by Gasteiger charge is 2.24. The van der Waals surface area contributed by atoms with E-state index in [2.05, 4.69) is 17.1 Å². The Balaban J connectivity index is 1.69. The molecule has 100 valence electrons. The average molecular weight is 250 g/mol. The zero-order valence-electron chi connectivity index (χ0n) is 11.0. The number of hydrogen-bond donors (Lipinski definition) is 1. The molecule has 0 radical (unpaired) electrons. The molecule has 0 unspecified atom stereocenters. The molecule has 0 saturated heterocycles. The summed E-state index contributed by atoms with van der Waals surface area (Å²) >= 11 is 0. The van der Waals surface area contributed by atoms with Crippen LogP contribution in [0.15, 0.2) is 22.8 Å². The van der Waals surface area contributed by atoms with Crippen molar-refractivity contribution in [3.8, 4) is 0 Å². The second kappa shape index (κ2) is 6.59. The van der Waals surface area contributed by atoms with Crippen LogP contribution < -0.4 is 5.32 Å². The number of nitrogens with zero attached hydrogens (tertiary/aromatic N) is 1. The first kappa shape index (κ1) is 13.1. The molecule has 1 saturated carbocycles. The van der Waals surface area contributed by atoms with Gasteiger partial charge in [0.05, 0.1) is 19.4 Å². The third-order valence-corrected chi connectivity index (χ3v) is 3.16. The summed E-state index contributed by atoms with van der Waals surface area (Å²) < 4.78 is 5.18. The molecule has 0 bridgehead atoms. The molecule has 1 aliphatic rings. The summed E-state index contributed by atoms with van der Waals surface area (Å²) in [5.74, 6) is 1.71. The molecular weight excluding hydrogens is 228 g/mol. The van der Waals surface area contributed by atoms with Gasteiger partial charge in [0.15, 0.2) is 0 Å². The van der Waals surface area contributed by atoms with Gasteiger partial charge in [-0.15, -0.1) is 0 Å². The lowest BCUT2D eigenvalue weighted by Gasteiger charge is -2.20. The maximum absolute atomic E-state index is 11.8. The van der Waals surface area contributed by atoms with Crippen molar-refractivity contribution < 1.29 is 9.21 Å². The zero-order chi connectivity index (χ0) is 12.8. The fraction of sp³-hybridized carbons (Fsp3) is 0.643. The van der Waals surface area contributed by atoms with Crippen LogP contribution in [0.2, 0.25) is 0 Å². The van der Waals surface area contributed by atoms with Crippen molar-refractivity contribution in [1.82, 2.24) is 10.2 Å². The van der Waals surface area contributed by atoms with E-state index >= 15 is 0 Å². The van der Waals surface area contributed by atoms with Crippen molar-refractivity contribution in [3.63, 3.8) is 0 Å². The van der Waals surface area contributed by atoms with E-state index in [1.54, 1.807) is 6.26 Å². The van der Waals surface area contributed by atoms with Gasteiger partial charge >= 0.3 is 0 Å². The maximum atomic E-state index is 11.8. The lowest BCUT2D eigenvalue weighted by Crippen LogP contribution is -2.38. The van der Waals surface area contributed by atoms with E-state index in [9.17, 15) is 4.79 Å². The molecule has 4 heteroatoms. The standard InChI is InChI=1S/C14H22N2O2/c1-2-7-16(10-12-5-6-12)11-14(17)15-9-13-4-3-8-18-13/h3-4,8,12H,2,5-7,9-11H2,1H3,(H,15,17). The van der Waals surface area contributed by atoms with Gasteiger partial charge in [-0.1, -0.05) is 6.92 Å². The maximum Gasteiger partial charge on any atom is 0.234 e. The molecular formula is C14H22N2O2. The first-order valence-corrected chi connectivity index (χ1v) is 6.79. The van der Waals surface area contributed by atoms with Crippen molar-refractivity contribution >= 4 is 5.91 Å². The Morgan fingerprint density at radius 1 is 1.56 bits per heavy atom. The number of rotatable bonds is 8. The van der Waals surface area contributed by atoms with Gasteiger partial charge in [0.25, 0.3) is 0 Å². The second-order valence-electron chi connectivity index (χ2n) is 5.03. The molecule has 0 spiro atoms. The Kier molecular flexibility index (Phi) is 4.81. The molecule has 1 amide bonds. The summed E-state index contributed by atoms with van der Waals surface area (Å²) in [4.78, 5) is 14.1. The molecule has 0 aliphatic heterocycles. The summed E-state index contributed by atoms with van der Waals surface area (Å²) in [5.41, 5.74) is 0. The normalized spacial score (nSPS) is 15.0. The van der Waals surface area contributed by atoms with Gasteiger partial charge < -0.3 is 9.73 Å². The van der Waals surface area contributed by atoms with Crippen molar-refractivity contribution in [2.24, 2.45) is 5.92 Å². The smallest absolute Gasteiger partial charge is 0.234 e. The van der Waals surface area contributed by atoms with Crippen LogP contribution in [0.1, 0.15) is 31.9 Å². The van der Waals surface area contributed by atoms with Crippen LogP contribution in [-0.4, -0.2) is 30.4 Å². The highest BCUT2D eigenvalue weighted by atomic mass is 16.3. The van der Waals surface area contributed by atoms with Crippen LogP contribution in [0, 0.1) is 5.92 Å². The Hall–Kier alpha value is -1.29. The fourth-order valence-corrected chi connectivity index (χ4v) is 2.07. The van der Waals surface area contributed by atoms with Gasteiger partial charge in [-0.25, -0.2) is 0 Å². The lowest BCUT2D eigenvalue weighted by molar-refractivity contribution is -0.122. The van der Waals surface area contributed by atoms with E-state index in [-0.39, 0.29) is 5.91 Å². The SMILES string of the molecule is CCCN(CC(=O)NCc1ccco1)CC1CC1. The Morgan fingerprint density at radius 2 is 2.39 bits per heavy atom. The highest BCUT2D eigenvalue weighted by Crippen LogP contribution is 2.29. The second-order valence-corrected chi connectivity index (χ2v) is 5.03. The van der Waals surface area contributed by atoms with E-state index in [4.69, 9.17) is 4.42 Å². The van der Waals surface area contributed by atoms with Crippen LogP contribution in [0.5, 0.6) is 0 Å². The first-order valence-electron chi connectivity index (χ1n) is 6.79. The molecule has 0 atom stereocenters. The third kappa shape index (κ3) is 4.53. The largest absolute Gasteiger partial charge is 0.467 e. The number of carbonyl (C=O) groups excluding carboxylic acids is 1. The molecule has 0 aromatic carbocycles. The van der Waals surface area contributed by atoms with Gasteiger partial charge in [-0.05, 0) is 43.9 Å². The Bertz CT molecular complexity index is 358. The van der Waals surface area contributed by atoms with E-state index in [0.717, 1.165) is 31.2 Å². The van der Waals surface area contributed by atoms with E-state index in [1.807, 2.05) is 12.1 Å². The average Bonchev–Trinajstić information content (AvgIpc) is 3.00. The molecule has 1 aliphatic carbocycles. The van der Waals surface area contributed by atoms with E-state index < -0.39 is 0 Å². The number of hydrogen-bond acceptors (Lipinski definition) is 3. The van der Waals surface area contributed by atoms with Crippen molar-refractivity contribution in [2.75, 3.05) is 19.6 Å². The Morgan fingerprint density at radius 3 is 3.00 bits per heavy atom.